The van der Waals surface area contributed by atoms with Crippen LogP contribution in [0.2, 0.25) is 0 Å². The lowest BCUT2D eigenvalue weighted by atomic mass is 10.1. The average molecular weight is 418 g/mol. The van der Waals surface area contributed by atoms with Gasteiger partial charge in [-0.05, 0) is 57.0 Å². The van der Waals surface area contributed by atoms with Crippen LogP contribution in [-0.2, 0) is 0 Å². The van der Waals surface area contributed by atoms with E-state index in [-0.39, 0.29) is 11.9 Å². The van der Waals surface area contributed by atoms with E-state index in [1.807, 2.05) is 12.1 Å². The number of piperidine rings is 1. The van der Waals surface area contributed by atoms with Gasteiger partial charge in [0.15, 0.2) is 0 Å². The fourth-order valence-electron chi connectivity index (χ4n) is 3.72. The number of carbonyl (C=O) groups excluding carboxylic acids is 2. The van der Waals surface area contributed by atoms with Crippen molar-refractivity contribution < 1.29 is 9.59 Å². The van der Waals surface area contributed by atoms with E-state index in [9.17, 15) is 9.59 Å². The van der Waals surface area contributed by atoms with Crippen molar-refractivity contribution >= 4 is 23.3 Å². The van der Waals surface area contributed by atoms with Crippen LogP contribution in [-0.4, -0.2) is 62.7 Å². The van der Waals surface area contributed by atoms with Gasteiger partial charge < -0.3 is 25.8 Å². The second-order valence-electron chi connectivity index (χ2n) is 7.80. The summed E-state index contributed by atoms with van der Waals surface area (Å²) in [5.41, 5.74) is 2.22. The quantitative estimate of drug-likeness (QED) is 0.480. The molecule has 30 heavy (non-hydrogen) atoms. The van der Waals surface area contributed by atoms with Crippen LogP contribution in [0.5, 0.6) is 0 Å². The van der Waals surface area contributed by atoms with E-state index in [2.05, 4.69) is 46.5 Å². The van der Waals surface area contributed by atoms with Crippen LogP contribution in [0.3, 0.4) is 0 Å². The first-order chi connectivity index (χ1) is 14.6. The number of likely N-dealkylation sites (N-methyl/N-ethyl adjacent to an activating group) is 1. The maximum absolute atomic E-state index is 13.0. The molecule has 1 aromatic carbocycles. The van der Waals surface area contributed by atoms with Crippen LogP contribution in [0.25, 0.3) is 0 Å². The Balaban J connectivity index is 2.11. The Morgan fingerprint density at radius 3 is 2.40 bits per heavy atom. The van der Waals surface area contributed by atoms with Crippen LogP contribution in [0.1, 0.15) is 63.2 Å². The van der Waals surface area contributed by atoms with Gasteiger partial charge in [-0.3, -0.25) is 4.79 Å². The Morgan fingerprint density at radius 2 is 1.73 bits per heavy atom. The van der Waals surface area contributed by atoms with E-state index in [1.165, 1.54) is 6.42 Å². The summed E-state index contributed by atoms with van der Waals surface area (Å²) >= 11 is 0. The number of nitrogens with zero attached hydrogens (tertiary/aromatic N) is 2. The largest absolute Gasteiger partial charge is 0.371 e. The molecule has 3 amide bonds. The number of benzene rings is 1. The third kappa shape index (κ3) is 7.52. The summed E-state index contributed by atoms with van der Waals surface area (Å²) in [7, 11) is 0. The minimum atomic E-state index is -0.234. The van der Waals surface area contributed by atoms with Crippen LogP contribution in [0, 0.1) is 0 Å². The summed E-state index contributed by atoms with van der Waals surface area (Å²) in [4.78, 5) is 29.7. The minimum absolute atomic E-state index is 0.0854. The van der Waals surface area contributed by atoms with Crippen LogP contribution >= 0.6 is 0 Å². The average Bonchev–Trinajstić information content (AvgIpc) is 2.77. The molecule has 3 N–H and O–H groups in total. The smallest absolute Gasteiger partial charge is 0.319 e. The molecular weight excluding hydrogens is 378 g/mol. The van der Waals surface area contributed by atoms with Gasteiger partial charge in [0.1, 0.15) is 0 Å². The topological polar surface area (TPSA) is 76.7 Å². The van der Waals surface area contributed by atoms with Gasteiger partial charge in [-0.25, -0.2) is 4.79 Å². The molecule has 1 saturated heterocycles. The first-order valence-electron chi connectivity index (χ1n) is 11.5. The van der Waals surface area contributed by atoms with E-state index < -0.39 is 0 Å². The van der Waals surface area contributed by atoms with Crippen molar-refractivity contribution in [1.82, 2.24) is 15.5 Å². The molecule has 7 heteroatoms. The molecule has 0 unspecified atom stereocenters. The number of amides is 3. The standard InChI is InChI=1S/C23H39N5O2/c1-4-7-13-25-23(30)26-19-11-12-21(28-15-9-8-10-16-28)20(18-19)22(29)24-14-17-27(5-2)6-3/h11-12,18H,4-10,13-17H2,1-3H3,(H,24,29)(H2,25,26,30). The molecule has 1 aromatic rings. The summed E-state index contributed by atoms with van der Waals surface area (Å²) in [6.45, 7) is 12.3. The Hall–Kier alpha value is -2.28. The summed E-state index contributed by atoms with van der Waals surface area (Å²) < 4.78 is 0. The number of nitrogens with one attached hydrogen (secondary N) is 3. The Bertz CT molecular complexity index is 670. The number of hydrogen-bond acceptors (Lipinski definition) is 4. The highest BCUT2D eigenvalue weighted by Gasteiger charge is 2.19. The van der Waals surface area contributed by atoms with Crippen LogP contribution in [0.4, 0.5) is 16.2 Å². The molecule has 1 fully saturated rings. The maximum Gasteiger partial charge on any atom is 0.319 e. The lowest BCUT2D eigenvalue weighted by Crippen LogP contribution is -2.36. The van der Waals surface area contributed by atoms with Crippen molar-refractivity contribution in [2.24, 2.45) is 0 Å². The molecule has 1 aliphatic heterocycles. The molecule has 0 radical (unpaired) electrons. The fourth-order valence-corrected chi connectivity index (χ4v) is 3.72. The van der Waals surface area contributed by atoms with Crippen molar-refractivity contribution in [3.05, 3.63) is 23.8 Å². The Morgan fingerprint density at radius 1 is 1.00 bits per heavy atom. The highest BCUT2D eigenvalue weighted by Crippen LogP contribution is 2.27. The lowest BCUT2D eigenvalue weighted by molar-refractivity contribution is 0.0949. The second kappa shape index (κ2) is 13.1. The lowest BCUT2D eigenvalue weighted by Gasteiger charge is -2.30. The normalized spacial score (nSPS) is 13.9. The zero-order chi connectivity index (χ0) is 21.8. The second-order valence-corrected chi connectivity index (χ2v) is 7.80. The van der Waals surface area contributed by atoms with E-state index in [0.717, 1.165) is 64.1 Å². The van der Waals surface area contributed by atoms with Crippen molar-refractivity contribution in [3.8, 4) is 0 Å². The minimum Gasteiger partial charge on any atom is -0.371 e. The zero-order valence-electron chi connectivity index (χ0n) is 18.9. The molecule has 0 aliphatic carbocycles. The van der Waals surface area contributed by atoms with Gasteiger partial charge in [-0.1, -0.05) is 27.2 Å². The van der Waals surface area contributed by atoms with E-state index in [1.54, 1.807) is 6.07 Å². The molecule has 0 spiro atoms. The summed E-state index contributed by atoms with van der Waals surface area (Å²) in [6.07, 6.45) is 5.50. The Labute approximate surface area is 181 Å². The van der Waals surface area contributed by atoms with Crippen molar-refractivity contribution in [2.45, 2.75) is 52.9 Å². The fraction of sp³-hybridized carbons (Fsp3) is 0.652. The molecule has 2 rings (SSSR count). The van der Waals surface area contributed by atoms with Gasteiger partial charge in [0.25, 0.3) is 5.91 Å². The molecular formula is C23H39N5O2. The maximum atomic E-state index is 13.0. The number of carbonyl (C=O) groups is 2. The first kappa shape index (κ1) is 24.0. The predicted octanol–water partition coefficient (Wildman–Crippen LogP) is 3.67. The summed E-state index contributed by atoms with van der Waals surface area (Å²) in [5, 5.41) is 8.78. The van der Waals surface area contributed by atoms with E-state index in [0.29, 0.717) is 24.3 Å². The molecule has 0 saturated carbocycles. The first-order valence-corrected chi connectivity index (χ1v) is 11.5. The SMILES string of the molecule is CCCCNC(=O)Nc1ccc(N2CCCCC2)c(C(=O)NCCN(CC)CC)c1. The number of rotatable bonds is 11. The van der Waals surface area contributed by atoms with Crippen LogP contribution in [0.15, 0.2) is 18.2 Å². The van der Waals surface area contributed by atoms with Gasteiger partial charge in [0.05, 0.1) is 5.56 Å². The van der Waals surface area contributed by atoms with Gasteiger partial charge >= 0.3 is 6.03 Å². The highest BCUT2D eigenvalue weighted by molar-refractivity contribution is 6.02. The number of hydrogen-bond donors (Lipinski definition) is 3. The van der Waals surface area contributed by atoms with Crippen molar-refractivity contribution in [3.63, 3.8) is 0 Å². The van der Waals surface area contributed by atoms with Crippen LogP contribution < -0.4 is 20.9 Å². The molecule has 0 aromatic heterocycles. The molecule has 1 heterocycles. The van der Waals surface area contributed by atoms with Gasteiger partial charge in [0, 0.05) is 44.1 Å². The molecule has 1 aliphatic rings. The molecule has 7 nitrogen and oxygen atoms in total. The van der Waals surface area contributed by atoms with Crippen molar-refractivity contribution in [2.75, 3.05) is 56.0 Å². The molecule has 168 valence electrons. The highest BCUT2D eigenvalue weighted by atomic mass is 16.2. The number of unbranched alkanes of at least 4 members (excludes halogenated alkanes) is 1. The third-order valence-electron chi connectivity index (χ3n) is 5.62. The number of urea groups is 1. The Kier molecular flexibility index (Phi) is 10.5. The monoisotopic (exact) mass is 417 g/mol. The third-order valence-corrected chi connectivity index (χ3v) is 5.62. The molecule has 0 atom stereocenters. The number of anilines is 2. The zero-order valence-corrected chi connectivity index (χ0v) is 18.9. The summed E-state index contributed by atoms with van der Waals surface area (Å²) in [5.74, 6) is -0.0854. The van der Waals surface area contributed by atoms with Gasteiger partial charge in [-0.2, -0.15) is 0 Å². The van der Waals surface area contributed by atoms with E-state index >= 15 is 0 Å². The summed E-state index contributed by atoms with van der Waals surface area (Å²) in [6, 6.07) is 5.42. The molecule has 0 bridgehead atoms. The van der Waals surface area contributed by atoms with Crippen molar-refractivity contribution in [1.29, 1.82) is 0 Å². The predicted molar refractivity (Wildman–Crippen MR) is 125 cm³/mol. The van der Waals surface area contributed by atoms with Gasteiger partial charge in [0.2, 0.25) is 0 Å². The van der Waals surface area contributed by atoms with Gasteiger partial charge in [-0.15, -0.1) is 0 Å². The van der Waals surface area contributed by atoms with E-state index in [4.69, 9.17) is 0 Å².